The Morgan fingerprint density at radius 2 is 1.68 bits per heavy atom. The predicted octanol–water partition coefficient (Wildman–Crippen LogP) is 3.31. The molecule has 1 aromatic rings. The number of hydrogen-bond donors (Lipinski definition) is 4. The fraction of sp³-hybridized carbons (Fsp3) is 0.444. The number of nitrogens with one attached hydrogen (secondary N) is 4. The summed E-state index contributed by atoms with van der Waals surface area (Å²) in [5, 5.41) is 5.93. The third-order valence-electron chi connectivity index (χ3n) is 4.30. The van der Waals surface area contributed by atoms with Gasteiger partial charge < -0.3 is 10.6 Å². The maximum Gasteiger partial charge on any atom is 0.238 e. The highest BCUT2D eigenvalue weighted by molar-refractivity contribution is 7.80. The quantitative estimate of drug-likeness (QED) is 0.398. The number of carbonyl (C=O) groups is 3. The Labute approximate surface area is 178 Å². The molecular formula is C18H22Cl2N4O3S. The van der Waals surface area contributed by atoms with E-state index in [1.54, 1.807) is 12.1 Å². The van der Waals surface area contributed by atoms with Crippen LogP contribution in [0.1, 0.15) is 44.9 Å². The standard InChI is InChI=1S/C18H22Cl2N4O3S/c19-12-5-6-14(13(20)10-12)21-15(25)7-8-16(26)23-24-18(28)22-17(27)9-11-3-1-2-4-11/h5-6,10-11H,1-4,7-9H2,(H,21,25)(H,23,26)(H2,22,24,27,28). The molecule has 0 radical (unpaired) electrons. The molecule has 7 nitrogen and oxygen atoms in total. The summed E-state index contributed by atoms with van der Waals surface area (Å²) in [7, 11) is 0. The third kappa shape index (κ3) is 8.00. The van der Waals surface area contributed by atoms with Crippen LogP contribution in [-0.2, 0) is 14.4 Å². The lowest BCUT2D eigenvalue weighted by molar-refractivity contribution is -0.124. The lowest BCUT2D eigenvalue weighted by Gasteiger charge is -2.12. The highest BCUT2D eigenvalue weighted by Crippen LogP contribution is 2.27. The van der Waals surface area contributed by atoms with Crippen LogP contribution in [0.15, 0.2) is 18.2 Å². The van der Waals surface area contributed by atoms with Gasteiger partial charge in [-0.25, -0.2) is 0 Å². The van der Waals surface area contributed by atoms with Crippen molar-refractivity contribution in [2.45, 2.75) is 44.9 Å². The van der Waals surface area contributed by atoms with Gasteiger partial charge in [-0.1, -0.05) is 36.0 Å². The SMILES string of the molecule is O=C(CCC(=O)Nc1ccc(Cl)cc1Cl)NNC(=S)NC(=O)CC1CCCC1. The zero-order valence-electron chi connectivity index (χ0n) is 15.1. The van der Waals surface area contributed by atoms with Gasteiger partial charge in [0.1, 0.15) is 0 Å². The van der Waals surface area contributed by atoms with Crippen LogP contribution < -0.4 is 21.5 Å². The first-order chi connectivity index (χ1) is 13.3. The van der Waals surface area contributed by atoms with E-state index in [0.29, 0.717) is 28.1 Å². The number of hydrogen-bond acceptors (Lipinski definition) is 4. The van der Waals surface area contributed by atoms with Gasteiger partial charge in [-0.15, -0.1) is 0 Å². The molecule has 1 aromatic carbocycles. The Kier molecular flexibility index (Phi) is 8.95. The van der Waals surface area contributed by atoms with Gasteiger partial charge in [-0.2, -0.15) is 0 Å². The molecule has 0 saturated heterocycles. The number of anilines is 1. The molecule has 1 saturated carbocycles. The van der Waals surface area contributed by atoms with Gasteiger partial charge >= 0.3 is 0 Å². The number of rotatable bonds is 6. The molecule has 0 aliphatic heterocycles. The normalized spacial score (nSPS) is 13.6. The Balaban J connectivity index is 1.62. The molecule has 0 bridgehead atoms. The van der Waals surface area contributed by atoms with Gasteiger partial charge in [0.05, 0.1) is 10.7 Å². The molecule has 0 spiro atoms. The van der Waals surface area contributed by atoms with E-state index in [1.807, 2.05) is 0 Å². The molecule has 1 aliphatic rings. The molecule has 1 fully saturated rings. The Hall–Kier alpha value is -1.90. The monoisotopic (exact) mass is 444 g/mol. The average molecular weight is 445 g/mol. The molecular weight excluding hydrogens is 423 g/mol. The summed E-state index contributed by atoms with van der Waals surface area (Å²) in [4.78, 5) is 35.6. The van der Waals surface area contributed by atoms with Crippen molar-refractivity contribution < 1.29 is 14.4 Å². The highest BCUT2D eigenvalue weighted by atomic mass is 35.5. The van der Waals surface area contributed by atoms with E-state index in [4.69, 9.17) is 35.4 Å². The van der Waals surface area contributed by atoms with E-state index in [2.05, 4.69) is 21.5 Å². The van der Waals surface area contributed by atoms with E-state index in [0.717, 1.165) is 25.7 Å². The third-order valence-corrected chi connectivity index (χ3v) is 5.05. The summed E-state index contributed by atoms with van der Waals surface area (Å²) >= 11 is 16.7. The van der Waals surface area contributed by atoms with Crippen molar-refractivity contribution in [1.82, 2.24) is 16.2 Å². The van der Waals surface area contributed by atoms with Crippen LogP contribution in [0, 0.1) is 5.92 Å². The van der Waals surface area contributed by atoms with Crippen molar-refractivity contribution in [2.24, 2.45) is 5.92 Å². The van der Waals surface area contributed by atoms with Crippen LogP contribution in [-0.4, -0.2) is 22.8 Å². The first kappa shape index (κ1) is 22.4. The maximum atomic E-state index is 11.9. The molecule has 1 aliphatic carbocycles. The lowest BCUT2D eigenvalue weighted by atomic mass is 10.0. The fourth-order valence-electron chi connectivity index (χ4n) is 2.91. The van der Waals surface area contributed by atoms with E-state index in [9.17, 15) is 14.4 Å². The van der Waals surface area contributed by atoms with Crippen LogP contribution in [0.4, 0.5) is 5.69 Å². The Bertz CT molecular complexity index is 754. The van der Waals surface area contributed by atoms with Gasteiger partial charge in [-0.05, 0) is 49.2 Å². The van der Waals surface area contributed by atoms with Crippen molar-refractivity contribution >= 4 is 63.9 Å². The van der Waals surface area contributed by atoms with E-state index in [1.165, 1.54) is 6.07 Å². The van der Waals surface area contributed by atoms with Crippen molar-refractivity contribution in [1.29, 1.82) is 0 Å². The van der Waals surface area contributed by atoms with Crippen LogP contribution >= 0.6 is 35.4 Å². The molecule has 152 valence electrons. The molecule has 0 aromatic heterocycles. The number of thiocarbonyl (C=S) groups is 1. The minimum atomic E-state index is -0.440. The number of benzene rings is 1. The average Bonchev–Trinajstić information content (AvgIpc) is 3.13. The van der Waals surface area contributed by atoms with E-state index < -0.39 is 5.91 Å². The topological polar surface area (TPSA) is 99.3 Å². The van der Waals surface area contributed by atoms with E-state index >= 15 is 0 Å². The smallest absolute Gasteiger partial charge is 0.238 e. The largest absolute Gasteiger partial charge is 0.325 e. The van der Waals surface area contributed by atoms with Crippen molar-refractivity contribution in [3.8, 4) is 0 Å². The number of amides is 3. The fourth-order valence-corrected chi connectivity index (χ4v) is 3.53. The van der Waals surface area contributed by atoms with Crippen molar-refractivity contribution in [3.63, 3.8) is 0 Å². The molecule has 4 N–H and O–H groups in total. The van der Waals surface area contributed by atoms with E-state index in [-0.39, 0.29) is 29.8 Å². The van der Waals surface area contributed by atoms with Crippen molar-refractivity contribution in [2.75, 3.05) is 5.32 Å². The zero-order valence-corrected chi connectivity index (χ0v) is 17.5. The molecule has 10 heteroatoms. The number of hydrazine groups is 1. The first-order valence-electron chi connectivity index (χ1n) is 8.97. The summed E-state index contributed by atoms with van der Waals surface area (Å²) in [5.74, 6) is -0.570. The number of halogens is 2. The summed E-state index contributed by atoms with van der Waals surface area (Å²) < 4.78 is 0. The van der Waals surface area contributed by atoms with Gasteiger partial charge in [0.15, 0.2) is 5.11 Å². The predicted molar refractivity (Wildman–Crippen MR) is 113 cm³/mol. The summed E-state index contributed by atoms with van der Waals surface area (Å²) in [6, 6.07) is 4.69. The van der Waals surface area contributed by atoms with Crippen LogP contribution in [0.2, 0.25) is 10.0 Å². The summed E-state index contributed by atoms with van der Waals surface area (Å²) in [6.07, 6.45) is 4.77. The first-order valence-corrected chi connectivity index (χ1v) is 10.1. The molecule has 2 rings (SSSR count). The Morgan fingerprint density at radius 3 is 2.36 bits per heavy atom. The molecule has 28 heavy (non-hydrogen) atoms. The minimum Gasteiger partial charge on any atom is -0.325 e. The van der Waals surface area contributed by atoms with Gasteiger partial charge in [0, 0.05) is 24.3 Å². The second kappa shape index (κ2) is 11.2. The zero-order chi connectivity index (χ0) is 20.5. The van der Waals surface area contributed by atoms with Crippen LogP contribution in [0.25, 0.3) is 0 Å². The molecule has 0 atom stereocenters. The van der Waals surface area contributed by atoms with Crippen molar-refractivity contribution in [3.05, 3.63) is 28.2 Å². The summed E-state index contributed by atoms with van der Waals surface area (Å²) in [5.41, 5.74) is 5.23. The number of carbonyl (C=O) groups excluding carboxylic acids is 3. The molecule has 3 amide bonds. The Morgan fingerprint density at radius 1 is 1.00 bits per heavy atom. The van der Waals surface area contributed by atoms with Gasteiger partial charge in [0.2, 0.25) is 17.7 Å². The highest BCUT2D eigenvalue weighted by Gasteiger charge is 2.19. The second-order valence-corrected chi connectivity index (χ2v) is 7.83. The molecule has 0 unspecified atom stereocenters. The minimum absolute atomic E-state index is 0.0220. The van der Waals surface area contributed by atoms with Gasteiger partial charge in [0.25, 0.3) is 0 Å². The maximum absolute atomic E-state index is 11.9. The second-order valence-electron chi connectivity index (χ2n) is 6.58. The lowest BCUT2D eigenvalue weighted by Crippen LogP contribution is -2.48. The van der Waals surface area contributed by atoms with Crippen LogP contribution in [0.5, 0.6) is 0 Å². The van der Waals surface area contributed by atoms with Crippen LogP contribution in [0.3, 0.4) is 0 Å². The summed E-state index contributed by atoms with van der Waals surface area (Å²) in [6.45, 7) is 0. The van der Waals surface area contributed by atoms with Gasteiger partial charge in [-0.3, -0.25) is 25.2 Å². The molecule has 0 heterocycles.